The molecule has 0 unspecified atom stereocenters. The summed E-state index contributed by atoms with van der Waals surface area (Å²) in [7, 11) is 1.33. The van der Waals surface area contributed by atoms with Gasteiger partial charge < -0.3 is 9.47 Å². The maximum atomic E-state index is 10.8. The topological polar surface area (TPSA) is 35.5 Å². The third-order valence-corrected chi connectivity index (χ3v) is 2.04. The second kappa shape index (κ2) is 6.90. The number of esters is 1. The molecule has 0 aliphatic heterocycles. The third kappa shape index (κ3) is 4.36. The lowest BCUT2D eigenvalue weighted by atomic mass is 10.2. The number of benzene rings is 1. The first-order valence-corrected chi connectivity index (χ1v) is 5.32. The molecule has 4 heteroatoms. The Balaban J connectivity index is 2.51. The molecule has 1 rings (SSSR count). The van der Waals surface area contributed by atoms with Crippen LogP contribution in [0.3, 0.4) is 0 Å². The Bertz CT molecular complexity index is 357. The molecule has 0 aliphatic carbocycles. The highest BCUT2D eigenvalue weighted by Gasteiger charge is 2.00. The minimum atomic E-state index is -0.397. The van der Waals surface area contributed by atoms with E-state index in [4.69, 9.17) is 16.3 Å². The number of methoxy groups -OCH3 is 1. The first-order valence-electron chi connectivity index (χ1n) is 4.78. The van der Waals surface area contributed by atoms with E-state index in [1.165, 1.54) is 7.11 Å². The van der Waals surface area contributed by atoms with Gasteiger partial charge in [0.05, 0.1) is 7.11 Å². The van der Waals surface area contributed by atoms with Gasteiger partial charge in [0, 0.05) is 5.88 Å². The van der Waals surface area contributed by atoms with Gasteiger partial charge in [-0.1, -0.05) is 24.3 Å². The molecule has 0 heterocycles. The van der Waals surface area contributed by atoms with E-state index in [0.29, 0.717) is 11.6 Å². The van der Waals surface area contributed by atoms with Gasteiger partial charge in [0.15, 0.2) is 6.61 Å². The zero-order valence-electron chi connectivity index (χ0n) is 8.98. The van der Waals surface area contributed by atoms with E-state index in [1.807, 2.05) is 24.3 Å². The summed E-state index contributed by atoms with van der Waals surface area (Å²) >= 11 is 5.52. The SMILES string of the molecule is COC(=O)COc1ccc(C=CCCl)cc1. The fourth-order valence-electron chi connectivity index (χ4n) is 1.06. The highest BCUT2D eigenvalue weighted by atomic mass is 35.5. The summed E-state index contributed by atoms with van der Waals surface area (Å²) in [5.74, 6) is 0.722. The van der Waals surface area contributed by atoms with E-state index < -0.39 is 5.97 Å². The molecular formula is C12H13ClO3. The van der Waals surface area contributed by atoms with Crippen LogP contribution in [0.4, 0.5) is 0 Å². The van der Waals surface area contributed by atoms with Crippen LogP contribution in [0.25, 0.3) is 6.08 Å². The van der Waals surface area contributed by atoms with Crippen LogP contribution in [0.5, 0.6) is 5.75 Å². The molecule has 0 bridgehead atoms. The van der Waals surface area contributed by atoms with E-state index in [0.717, 1.165) is 5.56 Å². The van der Waals surface area contributed by atoms with Gasteiger partial charge in [0.25, 0.3) is 0 Å². The molecule has 0 saturated carbocycles. The Hall–Kier alpha value is -1.48. The monoisotopic (exact) mass is 240 g/mol. The third-order valence-electron chi connectivity index (χ3n) is 1.86. The van der Waals surface area contributed by atoms with Crippen LogP contribution in [0.2, 0.25) is 0 Å². The van der Waals surface area contributed by atoms with Crippen molar-refractivity contribution < 1.29 is 14.3 Å². The molecule has 0 spiro atoms. The van der Waals surface area contributed by atoms with Crippen molar-refractivity contribution in [3.63, 3.8) is 0 Å². The number of halogens is 1. The van der Waals surface area contributed by atoms with Crippen molar-refractivity contribution >= 4 is 23.6 Å². The minimum absolute atomic E-state index is 0.0760. The van der Waals surface area contributed by atoms with E-state index in [2.05, 4.69) is 4.74 Å². The number of hydrogen-bond donors (Lipinski definition) is 0. The molecule has 1 aromatic carbocycles. The van der Waals surface area contributed by atoms with E-state index in [1.54, 1.807) is 12.1 Å². The zero-order chi connectivity index (χ0) is 11.8. The Kier molecular flexibility index (Phi) is 5.43. The lowest BCUT2D eigenvalue weighted by Gasteiger charge is -2.04. The van der Waals surface area contributed by atoms with Gasteiger partial charge in [-0.25, -0.2) is 4.79 Å². The van der Waals surface area contributed by atoms with E-state index >= 15 is 0 Å². The zero-order valence-corrected chi connectivity index (χ0v) is 9.74. The normalized spacial score (nSPS) is 10.4. The van der Waals surface area contributed by atoms with Crippen molar-refractivity contribution in [2.45, 2.75) is 0 Å². The second-order valence-corrected chi connectivity index (χ2v) is 3.30. The maximum absolute atomic E-state index is 10.8. The van der Waals surface area contributed by atoms with Crippen LogP contribution < -0.4 is 4.74 Å². The molecule has 0 atom stereocenters. The summed E-state index contributed by atoms with van der Waals surface area (Å²) in [6.07, 6.45) is 3.77. The van der Waals surface area contributed by atoms with Crippen molar-refractivity contribution in [3.05, 3.63) is 35.9 Å². The van der Waals surface area contributed by atoms with E-state index in [-0.39, 0.29) is 6.61 Å². The average Bonchev–Trinajstić information content (AvgIpc) is 2.34. The summed E-state index contributed by atoms with van der Waals surface area (Å²) in [6.45, 7) is -0.0760. The summed E-state index contributed by atoms with van der Waals surface area (Å²) in [5.41, 5.74) is 1.03. The number of carbonyl (C=O) groups excluding carboxylic acids is 1. The fourth-order valence-corrected chi connectivity index (χ4v) is 1.15. The van der Waals surface area contributed by atoms with Crippen molar-refractivity contribution in [1.82, 2.24) is 0 Å². The van der Waals surface area contributed by atoms with Gasteiger partial charge in [-0.2, -0.15) is 0 Å². The second-order valence-electron chi connectivity index (χ2n) is 2.99. The standard InChI is InChI=1S/C12H13ClO3/c1-15-12(14)9-16-11-6-4-10(5-7-11)3-2-8-13/h2-7H,8-9H2,1H3. The molecule has 0 saturated heterocycles. The molecule has 0 N–H and O–H groups in total. The van der Waals surface area contributed by atoms with Crippen LogP contribution in [-0.4, -0.2) is 25.6 Å². The predicted octanol–water partition coefficient (Wildman–Crippen LogP) is 2.49. The fraction of sp³-hybridized carbons (Fsp3) is 0.250. The number of alkyl halides is 1. The Morgan fingerprint density at radius 1 is 1.38 bits per heavy atom. The van der Waals surface area contributed by atoms with Crippen molar-refractivity contribution in [3.8, 4) is 5.75 Å². The van der Waals surface area contributed by atoms with Crippen molar-refractivity contribution in [1.29, 1.82) is 0 Å². The summed E-state index contributed by atoms with van der Waals surface area (Å²) in [6, 6.07) is 7.35. The van der Waals surface area contributed by atoms with Gasteiger partial charge in [0.2, 0.25) is 0 Å². The number of allylic oxidation sites excluding steroid dienone is 1. The first-order chi connectivity index (χ1) is 7.76. The Morgan fingerprint density at radius 3 is 2.62 bits per heavy atom. The van der Waals surface area contributed by atoms with Gasteiger partial charge in [-0.3, -0.25) is 0 Å². The lowest BCUT2D eigenvalue weighted by Crippen LogP contribution is -2.12. The van der Waals surface area contributed by atoms with E-state index in [9.17, 15) is 4.79 Å². The highest BCUT2D eigenvalue weighted by molar-refractivity contribution is 6.19. The number of ether oxygens (including phenoxy) is 2. The molecule has 0 fully saturated rings. The van der Waals surface area contributed by atoms with Crippen LogP contribution in [0.1, 0.15) is 5.56 Å². The summed E-state index contributed by atoms with van der Waals surface area (Å²) in [4.78, 5) is 10.8. The quantitative estimate of drug-likeness (QED) is 0.586. The van der Waals surface area contributed by atoms with Crippen molar-refractivity contribution in [2.24, 2.45) is 0 Å². The van der Waals surface area contributed by atoms with Gasteiger partial charge in [-0.05, 0) is 17.7 Å². The van der Waals surface area contributed by atoms with Crippen LogP contribution >= 0.6 is 11.6 Å². The molecule has 1 aromatic rings. The number of carbonyl (C=O) groups is 1. The van der Waals surface area contributed by atoms with Crippen LogP contribution in [0.15, 0.2) is 30.3 Å². The molecule has 0 aromatic heterocycles. The molecule has 0 aliphatic rings. The minimum Gasteiger partial charge on any atom is -0.482 e. The Labute approximate surface area is 99.6 Å². The maximum Gasteiger partial charge on any atom is 0.343 e. The summed E-state index contributed by atoms with van der Waals surface area (Å²) in [5, 5.41) is 0. The van der Waals surface area contributed by atoms with Crippen LogP contribution in [-0.2, 0) is 9.53 Å². The van der Waals surface area contributed by atoms with Crippen LogP contribution in [0, 0.1) is 0 Å². The average molecular weight is 241 g/mol. The smallest absolute Gasteiger partial charge is 0.343 e. The summed E-state index contributed by atoms with van der Waals surface area (Å²) < 4.78 is 9.65. The molecule has 3 nitrogen and oxygen atoms in total. The highest BCUT2D eigenvalue weighted by Crippen LogP contribution is 2.13. The molecule has 16 heavy (non-hydrogen) atoms. The largest absolute Gasteiger partial charge is 0.482 e. The van der Waals surface area contributed by atoms with Gasteiger partial charge in [-0.15, -0.1) is 11.6 Å². The lowest BCUT2D eigenvalue weighted by molar-refractivity contribution is -0.142. The Morgan fingerprint density at radius 2 is 2.06 bits per heavy atom. The molecule has 0 radical (unpaired) electrons. The molecule has 86 valence electrons. The van der Waals surface area contributed by atoms with Gasteiger partial charge >= 0.3 is 5.97 Å². The molecular weight excluding hydrogens is 228 g/mol. The number of rotatable bonds is 5. The number of hydrogen-bond acceptors (Lipinski definition) is 3. The first kappa shape index (κ1) is 12.6. The van der Waals surface area contributed by atoms with Gasteiger partial charge in [0.1, 0.15) is 5.75 Å². The molecule has 0 amide bonds. The predicted molar refractivity (Wildman–Crippen MR) is 63.7 cm³/mol. The van der Waals surface area contributed by atoms with Crippen molar-refractivity contribution in [2.75, 3.05) is 19.6 Å².